The molecule has 1 aliphatic rings. The molecule has 1 aliphatic carbocycles. The number of likely N-dealkylation sites (N-methyl/N-ethyl adjacent to an activating group) is 2. The summed E-state index contributed by atoms with van der Waals surface area (Å²) >= 11 is 0. The molecular formula is C11H24N2O. The number of methoxy groups -OCH3 is 1. The van der Waals surface area contributed by atoms with Gasteiger partial charge in [0.1, 0.15) is 0 Å². The lowest BCUT2D eigenvalue weighted by Crippen LogP contribution is -2.47. The predicted octanol–water partition coefficient (Wildman–Crippen LogP) is 1.10. The van der Waals surface area contributed by atoms with Crippen molar-refractivity contribution < 1.29 is 4.74 Å². The molecule has 1 saturated carbocycles. The highest BCUT2D eigenvalue weighted by Crippen LogP contribution is 2.23. The van der Waals surface area contributed by atoms with E-state index in [1.54, 1.807) is 7.11 Å². The van der Waals surface area contributed by atoms with Gasteiger partial charge in [0.25, 0.3) is 0 Å². The number of hydrogen-bond donors (Lipinski definition) is 1. The zero-order chi connectivity index (χ0) is 10.4. The molecule has 0 aromatic rings. The maximum Gasteiger partial charge on any atom is 0.0628 e. The first kappa shape index (κ1) is 12.0. The molecular weight excluding hydrogens is 176 g/mol. The van der Waals surface area contributed by atoms with Crippen molar-refractivity contribution in [2.75, 3.05) is 33.9 Å². The summed E-state index contributed by atoms with van der Waals surface area (Å²) in [6, 6.07) is 1.31. The predicted molar refractivity (Wildman–Crippen MR) is 59.6 cm³/mol. The summed E-state index contributed by atoms with van der Waals surface area (Å²) in [7, 11) is 4.00. The van der Waals surface area contributed by atoms with Gasteiger partial charge in [-0.25, -0.2) is 0 Å². The number of nitrogens with one attached hydrogen (secondary N) is 1. The SMILES string of the molecule is CCNC(COC)CN(C)C1CCC1. The second-order valence-electron chi connectivity index (χ2n) is 4.23. The molecule has 1 unspecified atom stereocenters. The Morgan fingerprint density at radius 2 is 2.21 bits per heavy atom. The summed E-state index contributed by atoms with van der Waals surface area (Å²) < 4.78 is 5.20. The average Bonchev–Trinajstić information content (AvgIpc) is 2.01. The molecule has 1 rings (SSSR count). The van der Waals surface area contributed by atoms with Crippen LogP contribution in [0.2, 0.25) is 0 Å². The first-order valence-corrected chi connectivity index (χ1v) is 5.70. The zero-order valence-corrected chi connectivity index (χ0v) is 9.75. The fraction of sp³-hybridized carbons (Fsp3) is 1.00. The van der Waals surface area contributed by atoms with E-state index < -0.39 is 0 Å². The lowest BCUT2D eigenvalue weighted by Gasteiger charge is -2.36. The van der Waals surface area contributed by atoms with Crippen LogP contribution in [0.3, 0.4) is 0 Å². The second-order valence-corrected chi connectivity index (χ2v) is 4.23. The molecule has 0 radical (unpaired) electrons. The maximum absolute atomic E-state index is 5.20. The van der Waals surface area contributed by atoms with Crippen molar-refractivity contribution in [3.05, 3.63) is 0 Å². The van der Waals surface area contributed by atoms with E-state index in [0.717, 1.165) is 25.7 Å². The fourth-order valence-corrected chi connectivity index (χ4v) is 1.99. The van der Waals surface area contributed by atoms with E-state index >= 15 is 0 Å². The normalized spacial score (nSPS) is 19.7. The van der Waals surface area contributed by atoms with E-state index in [2.05, 4.69) is 24.2 Å². The van der Waals surface area contributed by atoms with E-state index in [1.807, 2.05) is 0 Å². The molecule has 84 valence electrons. The van der Waals surface area contributed by atoms with E-state index in [9.17, 15) is 0 Å². The van der Waals surface area contributed by atoms with Crippen molar-refractivity contribution in [1.82, 2.24) is 10.2 Å². The lowest BCUT2D eigenvalue weighted by atomic mass is 9.91. The van der Waals surface area contributed by atoms with Crippen LogP contribution in [0.5, 0.6) is 0 Å². The highest BCUT2D eigenvalue weighted by molar-refractivity contribution is 4.81. The third kappa shape index (κ3) is 3.56. The van der Waals surface area contributed by atoms with Gasteiger partial charge >= 0.3 is 0 Å². The van der Waals surface area contributed by atoms with E-state index in [1.165, 1.54) is 19.3 Å². The molecule has 14 heavy (non-hydrogen) atoms. The van der Waals surface area contributed by atoms with E-state index in [4.69, 9.17) is 4.74 Å². The van der Waals surface area contributed by atoms with Gasteiger partial charge in [0.05, 0.1) is 6.61 Å². The van der Waals surface area contributed by atoms with Gasteiger partial charge in [-0.05, 0) is 26.4 Å². The summed E-state index contributed by atoms with van der Waals surface area (Å²) in [5.74, 6) is 0. The van der Waals surface area contributed by atoms with Crippen molar-refractivity contribution >= 4 is 0 Å². The zero-order valence-electron chi connectivity index (χ0n) is 9.75. The van der Waals surface area contributed by atoms with E-state index in [0.29, 0.717) is 6.04 Å². The Kier molecular flexibility index (Phi) is 5.45. The van der Waals surface area contributed by atoms with Crippen molar-refractivity contribution in [2.45, 2.75) is 38.3 Å². The molecule has 3 nitrogen and oxygen atoms in total. The van der Waals surface area contributed by atoms with E-state index in [-0.39, 0.29) is 0 Å². The van der Waals surface area contributed by atoms with Gasteiger partial charge < -0.3 is 15.0 Å². The van der Waals surface area contributed by atoms with Crippen molar-refractivity contribution in [2.24, 2.45) is 0 Å². The molecule has 1 atom stereocenters. The summed E-state index contributed by atoms with van der Waals surface area (Å²) in [6.07, 6.45) is 4.16. The first-order valence-electron chi connectivity index (χ1n) is 5.70. The molecule has 3 heteroatoms. The molecule has 1 fully saturated rings. The van der Waals surface area contributed by atoms with Crippen molar-refractivity contribution in [3.63, 3.8) is 0 Å². The Labute approximate surface area is 87.8 Å². The fourth-order valence-electron chi connectivity index (χ4n) is 1.99. The van der Waals surface area contributed by atoms with Crippen LogP contribution in [0.4, 0.5) is 0 Å². The molecule has 0 aromatic carbocycles. The molecule has 0 heterocycles. The third-order valence-corrected chi connectivity index (χ3v) is 3.07. The van der Waals surface area contributed by atoms with Gasteiger partial charge in [0, 0.05) is 25.7 Å². The van der Waals surface area contributed by atoms with Gasteiger partial charge in [-0.3, -0.25) is 0 Å². The largest absolute Gasteiger partial charge is 0.383 e. The Morgan fingerprint density at radius 1 is 1.50 bits per heavy atom. The minimum absolute atomic E-state index is 0.482. The Bertz CT molecular complexity index is 142. The Morgan fingerprint density at radius 3 is 2.64 bits per heavy atom. The van der Waals surface area contributed by atoms with Gasteiger partial charge in [0.2, 0.25) is 0 Å². The summed E-state index contributed by atoms with van der Waals surface area (Å²) in [4.78, 5) is 2.47. The van der Waals surface area contributed by atoms with Crippen molar-refractivity contribution in [3.8, 4) is 0 Å². The van der Waals surface area contributed by atoms with Crippen LogP contribution in [0.25, 0.3) is 0 Å². The Balaban J connectivity index is 2.21. The number of nitrogens with zero attached hydrogens (tertiary/aromatic N) is 1. The molecule has 0 amide bonds. The monoisotopic (exact) mass is 200 g/mol. The van der Waals surface area contributed by atoms with Gasteiger partial charge in [-0.1, -0.05) is 13.3 Å². The minimum atomic E-state index is 0.482. The standard InChI is InChI=1S/C11H24N2O/c1-4-12-10(9-14-3)8-13(2)11-6-5-7-11/h10-12H,4-9H2,1-3H3. The van der Waals surface area contributed by atoms with Crippen LogP contribution >= 0.6 is 0 Å². The third-order valence-electron chi connectivity index (χ3n) is 3.07. The highest BCUT2D eigenvalue weighted by Gasteiger charge is 2.23. The van der Waals surface area contributed by atoms with Gasteiger partial charge in [-0.2, -0.15) is 0 Å². The van der Waals surface area contributed by atoms with Crippen LogP contribution in [0.1, 0.15) is 26.2 Å². The van der Waals surface area contributed by atoms with Crippen LogP contribution in [0, 0.1) is 0 Å². The molecule has 0 aromatic heterocycles. The van der Waals surface area contributed by atoms with Gasteiger partial charge in [0.15, 0.2) is 0 Å². The van der Waals surface area contributed by atoms with Crippen LogP contribution in [0.15, 0.2) is 0 Å². The molecule has 0 saturated heterocycles. The summed E-state index contributed by atoms with van der Waals surface area (Å²) in [5.41, 5.74) is 0. The lowest BCUT2D eigenvalue weighted by molar-refractivity contribution is 0.107. The molecule has 0 spiro atoms. The van der Waals surface area contributed by atoms with Crippen molar-refractivity contribution in [1.29, 1.82) is 0 Å². The first-order chi connectivity index (χ1) is 6.77. The quantitative estimate of drug-likeness (QED) is 0.666. The average molecular weight is 200 g/mol. The number of ether oxygens (including phenoxy) is 1. The van der Waals surface area contributed by atoms with Crippen LogP contribution in [-0.2, 0) is 4.74 Å². The second kappa shape index (κ2) is 6.38. The topological polar surface area (TPSA) is 24.5 Å². The molecule has 0 bridgehead atoms. The number of hydrogen-bond acceptors (Lipinski definition) is 3. The van der Waals surface area contributed by atoms with Gasteiger partial charge in [-0.15, -0.1) is 0 Å². The molecule has 1 N–H and O–H groups in total. The number of rotatable bonds is 7. The summed E-state index contributed by atoms with van der Waals surface area (Å²) in [5, 5.41) is 3.45. The minimum Gasteiger partial charge on any atom is -0.383 e. The molecule has 0 aliphatic heterocycles. The summed E-state index contributed by atoms with van der Waals surface area (Å²) in [6.45, 7) is 5.08. The Hall–Kier alpha value is -0.120. The highest BCUT2D eigenvalue weighted by atomic mass is 16.5. The smallest absolute Gasteiger partial charge is 0.0628 e. The van der Waals surface area contributed by atoms with Crippen LogP contribution < -0.4 is 5.32 Å². The maximum atomic E-state index is 5.20. The van der Waals surface area contributed by atoms with Crippen LogP contribution in [-0.4, -0.2) is 50.8 Å².